The Kier molecular flexibility index (Phi) is 4.11. The fourth-order valence-electron chi connectivity index (χ4n) is 2.37. The fraction of sp³-hybridized carbons (Fsp3) is 0.462. The summed E-state index contributed by atoms with van der Waals surface area (Å²) in [6.07, 6.45) is 5.20. The second kappa shape index (κ2) is 5.61. The first kappa shape index (κ1) is 13.2. The molecular weight excluding hydrogens is 253 g/mol. The van der Waals surface area contributed by atoms with Crippen LogP contribution in [0.5, 0.6) is 0 Å². The highest BCUT2D eigenvalue weighted by atomic mass is 32.2. The highest BCUT2D eigenvalue weighted by Crippen LogP contribution is 2.31. The second-order valence-corrected chi connectivity index (χ2v) is 5.62. The van der Waals surface area contributed by atoms with Gasteiger partial charge in [-0.15, -0.1) is 0 Å². The van der Waals surface area contributed by atoms with Gasteiger partial charge in [0.1, 0.15) is 11.4 Å². The molecule has 2 rings (SSSR count). The minimum absolute atomic E-state index is 0.238. The Morgan fingerprint density at radius 1 is 1.50 bits per heavy atom. The molecule has 18 heavy (non-hydrogen) atoms. The molecule has 3 nitrogen and oxygen atoms in total. The Balaban J connectivity index is 2.15. The highest BCUT2D eigenvalue weighted by molar-refractivity contribution is 7.99. The molecule has 1 saturated carbocycles. The lowest BCUT2D eigenvalue weighted by molar-refractivity contribution is 0.0693. The maximum atomic E-state index is 13.5. The molecule has 0 radical (unpaired) electrons. The van der Waals surface area contributed by atoms with Crippen molar-refractivity contribution in [3.63, 3.8) is 0 Å². The van der Waals surface area contributed by atoms with Crippen molar-refractivity contribution in [2.24, 2.45) is 0 Å². The Bertz CT molecular complexity index is 453. The third kappa shape index (κ3) is 2.77. The molecule has 1 aliphatic carbocycles. The van der Waals surface area contributed by atoms with Crippen LogP contribution in [0.2, 0.25) is 0 Å². The summed E-state index contributed by atoms with van der Waals surface area (Å²) in [7, 11) is 0. The average molecular weight is 269 g/mol. The predicted molar refractivity (Wildman–Crippen MR) is 71.9 cm³/mol. The van der Waals surface area contributed by atoms with Crippen LogP contribution in [0, 0.1) is 5.82 Å². The number of thioether (sulfide) groups is 1. The minimum atomic E-state index is -1.23. The lowest BCUT2D eigenvalue weighted by Crippen LogP contribution is -2.18. The Hall–Kier alpha value is -1.23. The van der Waals surface area contributed by atoms with Crippen molar-refractivity contribution < 1.29 is 14.3 Å². The third-order valence-electron chi connectivity index (χ3n) is 3.30. The molecule has 1 fully saturated rings. The summed E-state index contributed by atoms with van der Waals surface area (Å²) >= 11 is 1.83. The highest BCUT2D eigenvalue weighted by Gasteiger charge is 2.25. The van der Waals surface area contributed by atoms with Crippen LogP contribution in [0.25, 0.3) is 0 Å². The quantitative estimate of drug-likeness (QED) is 0.881. The molecule has 0 aliphatic heterocycles. The third-order valence-corrected chi connectivity index (χ3v) is 4.40. The van der Waals surface area contributed by atoms with E-state index in [0.29, 0.717) is 10.9 Å². The summed E-state index contributed by atoms with van der Waals surface area (Å²) < 4.78 is 13.5. The Labute approximate surface area is 110 Å². The number of hydrogen-bond acceptors (Lipinski definition) is 3. The fourth-order valence-corrected chi connectivity index (χ4v) is 3.16. The van der Waals surface area contributed by atoms with E-state index in [2.05, 4.69) is 11.6 Å². The van der Waals surface area contributed by atoms with Crippen molar-refractivity contribution in [1.29, 1.82) is 0 Å². The van der Waals surface area contributed by atoms with Crippen LogP contribution in [-0.2, 0) is 0 Å². The van der Waals surface area contributed by atoms with Gasteiger partial charge in [0.2, 0.25) is 0 Å². The van der Waals surface area contributed by atoms with Gasteiger partial charge in [-0.25, -0.2) is 9.18 Å². The van der Waals surface area contributed by atoms with Crippen molar-refractivity contribution >= 4 is 23.4 Å². The van der Waals surface area contributed by atoms with Crippen molar-refractivity contribution in [2.75, 3.05) is 11.6 Å². The van der Waals surface area contributed by atoms with Crippen LogP contribution in [0.4, 0.5) is 10.1 Å². The zero-order valence-corrected chi connectivity index (χ0v) is 11.0. The summed E-state index contributed by atoms with van der Waals surface area (Å²) in [5.41, 5.74) is 0.124. The molecule has 5 heteroatoms. The zero-order chi connectivity index (χ0) is 13.1. The van der Waals surface area contributed by atoms with Crippen LogP contribution in [0.15, 0.2) is 18.2 Å². The first-order valence-electron chi connectivity index (χ1n) is 5.93. The number of carbonyl (C=O) groups is 1. The number of halogens is 1. The molecule has 1 aromatic rings. The molecule has 0 spiro atoms. The molecule has 0 aromatic heterocycles. The SMILES string of the molecule is CSC1CCC(Nc2cccc(F)c2C(=O)O)C1. The summed E-state index contributed by atoms with van der Waals surface area (Å²) in [6.45, 7) is 0. The van der Waals surface area contributed by atoms with Gasteiger partial charge >= 0.3 is 5.97 Å². The van der Waals surface area contributed by atoms with Gasteiger partial charge < -0.3 is 10.4 Å². The number of anilines is 1. The van der Waals surface area contributed by atoms with E-state index in [4.69, 9.17) is 5.11 Å². The molecule has 0 heterocycles. The first-order valence-corrected chi connectivity index (χ1v) is 7.21. The normalized spacial score (nSPS) is 23.0. The maximum Gasteiger partial charge on any atom is 0.340 e. The van der Waals surface area contributed by atoms with Gasteiger partial charge in [0.25, 0.3) is 0 Å². The van der Waals surface area contributed by atoms with Crippen LogP contribution in [-0.4, -0.2) is 28.6 Å². The maximum absolute atomic E-state index is 13.5. The second-order valence-electron chi connectivity index (χ2n) is 4.48. The van der Waals surface area contributed by atoms with Gasteiger partial charge in [0.15, 0.2) is 0 Å². The predicted octanol–water partition coefficient (Wildman–Crippen LogP) is 3.22. The Morgan fingerprint density at radius 3 is 2.89 bits per heavy atom. The summed E-state index contributed by atoms with van der Waals surface area (Å²) in [4.78, 5) is 11.1. The molecule has 0 amide bonds. The summed E-state index contributed by atoms with van der Waals surface area (Å²) in [6, 6.07) is 4.57. The van der Waals surface area contributed by atoms with Gasteiger partial charge in [0.05, 0.1) is 5.69 Å². The molecular formula is C13H16FNO2S. The first-order chi connectivity index (χ1) is 8.61. The number of rotatable bonds is 4. The van der Waals surface area contributed by atoms with E-state index >= 15 is 0 Å². The zero-order valence-electron chi connectivity index (χ0n) is 10.1. The van der Waals surface area contributed by atoms with E-state index in [1.807, 2.05) is 11.8 Å². The van der Waals surface area contributed by atoms with Crippen LogP contribution < -0.4 is 5.32 Å². The lowest BCUT2D eigenvalue weighted by atomic mass is 10.1. The van der Waals surface area contributed by atoms with E-state index < -0.39 is 11.8 Å². The number of aromatic carboxylic acids is 1. The van der Waals surface area contributed by atoms with Gasteiger partial charge in [0, 0.05) is 11.3 Å². The molecule has 98 valence electrons. The van der Waals surface area contributed by atoms with Crippen molar-refractivity contribution in [1.82, 2.24) is 0 Å². The topological polar surface area (TPSA) is 49.3 Å². The molecule has 2 atom stereocenters. The minimum Gasteiger partial charge on any atom is -0.478 e. The van der Waals surface area contributed by atoms with E-state index in [9.17, 15) is 9.18 Å². The number of carboxylic acid groups (broad SMARTS) is 1. The van der Waals surface area contributed by atoms with E-state index in [1.54, 1.807) is 6.07 Å². The van der Waals surface area contributed by atoms with E-state index in [-0.39, 0.29) is 11.6 Å². The lowest BCUT2D eigenvalue weighted by Gasteiger charge is -2.16. The van der Waals surface area contributed by atoms with Crippen LogP contribution in [0.3, 0.4) is 0 Å². The number of carboxylic acids is 1. The van der Waals surface area contributed by atoms with Gasteiger partial charge in [-0.2, -0.15) is 11.8 Å². The van der Waals surface area contributed by atoms with Crippen LogP contribution in [0.1, 0.15) is 29.6 Å². The molecule has 1 aromatic carbocycles. The molecule has 0 bridgehead atoms. The smallest absolute Gasteiger partial charge is 0.340 e. The Morgan fingerprint density at radius 2 is 2.28 bits per heavy atom. The molecule has 2 unspecified atom stereocenters. The van der Waals surface area contributed by atoms with Crippen molar-refractivity contribution in [3.8, 4) is 0 Å². The summed E-state index contributed by atoms with van der Waals surface area (Å²) in [5, 5.41) is 12.8. The van der Waals surface area contributed by atoms with Crippen LogP contribution >= 0.6 is 11.8 Å². The number of hydrogen-bond donors (Lipinski definition) is 2. The van der Waals surface area contributed by atoms with E-state index in [0.717, 1.165) is 19.3 Å². The molecule has 2 N–H and O–H groups in total. The number of nitrogens with one attached hydrogen (secondary N) is 1. The summed E-state index contributed by atoms with van der Waals surface area (Å²) in [5.74, 6) is -1.91. The molecule has 1 aliphatic rings. The van der Waals surface area contributed by atoms with Crippen molar-refractivity contribution in [3.05, 3.63) is 29.6 Å². The van der Waals surface area contributed by atoms with Gasteiger partial charge in [-0.05, 0) is 37.7 Å². The molecule has 0 saturated heterocycles. The van der Waals surface area contributed by atoms with Gasteiger partial charge in [-0.3, -0.25) is 0 Å². The largest absolute Gasteiger partial charge is 0.478 e. The standard InChI is InChI=1S/C13H16FNO2S/c1-18-9-6-5-8(7-9)15-11-4-2-3-10(14)12(11)13(16)17/h2-4,8-9,15H,5-7H2,1H3,(H,16,17). The monoisotopic (exact) mass is 269 g/mol. The van der Waals surface area contributed by atoms with Gasteiger partial charge in [-0.1, -0.05) is 6.07 Å². The van der Waals surface area contributed by atoms with E-state index in [1.165, 1.54) is 12.1 Å². The average Bonchev–Trinajstić information content (AvgIpc) is 2.76. The number of benzene rings is 1. The van der Waals surface area contributed by atoms with Crippen molar-refractivity contribution in [2.45, 2.75) is 30.6 Å².